The van der Waals surface area contributed by atoms with Crippen LogP contribution in [-0.4, -0.2) is 19.5 Å². The van der Waals surface area contributed by atoms with Crippen molar-refractivity contribution in [2.24, 2.45) is 7.05 Å². The molecule has 0 bridgehead atoms. The van der Waals surface area contributed by atoms with Crippen LogP contribution < -0.4 is 5.73 Å². The number of aryl methyl sites for hydroxylation is 2. The van der Waals surface area contributed by atoms with E-state index in [1.54, 1.807) is 12.4 Å². The number of nitrogen functional groups attached to an aromatic ring is 1. The van der Waals surface area contributed by atoms with Gasteiger partial charge in [0.05, 0.1) is 0 Å². The van der Waals surface area contributed by atoms with Crippen molar-refractivity contribution in [2.45, 2.75) is 6.92 Å². The highest BCUT2D eigenvalue weighted by atomic mass is 15.1. The normalized spacial score (nSPS) is 10.4. The summed E-state index contributed by atoms with van der Waals surface area (Å²) >= 11 is 0. The van der Waals surface area contributed by atoms with Crippen LogP contribution in [0.15, 0.2) is 18.6 Å². The Kier molecular flexibility index (Phi) is 1.92. The average Bonchev–Trinajstić information content (AvgIpc) is 2.56. The minimum absolute atomic E-state index is 0.272. The van der Waals surface area contributed by atoms with Gasteiger partial charge in [-0.1, -0.05) is 0 Å². The highest BCUT2D eigenvalue weighted by molar-refractivity contribution is 5.55. The molecule has 0 aliphatic heterocycles. The van der Waals surface area contributed by atoms with Gasteiger partial charge in [-0.2, -0.15) is 0 Å². The number of rotatable bonds is 1. The van der Waals surface area contributed by atoms with Crippen LogP contribution >= 0.6 is 0 Å². The fourth-order valence-electron chi connectivity index (χ4n) is 1.28. The van der Waals surface area contributed by atoms with Crippen molar-refractivity contribution in [3.63, 3.8) is 0 Å². The summed E-state index contributed by atoms with van der Waals surface area (Å²) < 4.78 is 1.90. The Morgan fingerprint density at radius 2 is 2.14 bits per heavy atom. The van der Waals surface area contributed by atoms with Gasteiger partial charge in [-0.05, 0) is 12.5 Å². The zero-order chi connectivity index (χ0) is 10.1. The van der Waals surface area contributed by atoms with E-state index in [-0.39, 0.29) is 5.95 Å². The maximum Gasteiger partial charge on any atom is 0.220 e. The summed E-state index contributed by atoms with van der Waals surface area (Å²) in [5.41, 5.74) is 7.27. The first kappa shape index (κ1) is 8.68. The van der Waals surface area contributed by atoms with Crippen LogP contribution in [-0.2, 0) is 7.05 Å². The van der Waals surface area contributed by atoms with Gasteiger partial charge in [0.2, 0.25) is 5.95 Å². The van der Waals surface area contributed by atoms with Crippen molar-refractivity contribution < 1.29 is 0 Å². The molecule has 0 radical (unpaired) electrons. The molecule has 0 fully saturated rings. The van der Waals surface area contributed by atoms with Crippen LogP contribution in [0.5, 0.6) is 0 Å². The Hall–Kier alpha value is -1.91. The first-order valence-corrected chi connectivity index (χ1v) is 4.25. The van der Waals surface area contributed by atoms with Gasteiger partial charge in [0, 0.05) is 25.6 Å². The molecule has 0 atom stereocenters. The largest absolute Gasteiger partial charge is 0.368 e. The van der Waals surface area contributed by atoms with Crippen molar-refractivity contribution in [2.75, 3.05) is 5.73 Å². The number of hydrogen-bond donors (Lipinski definition) is 1. The molecule has 0 amide bonds. The number of aromatic nitrogens is 4. The molecule has 72 valence electrons. The molecular weight excluding hydrogens is 178 g/mol. The SMILES string of the molecule is Cc1cnc(N)nc1-c1nccn1C. The molecule has 0 aliphatic rings. The van der Waals surface area contributed by atoms with Crippen molar-refractivity contribution in [1.82, 2.24) is 19.5 Å². The lowest BCUT2D eigenvalue weighted by molar-refractivity contribution is 0.913. The lowest BCUT2D eigenvalue weighted by atomic mass is 10.2. The molecule has 0 aliphatic carbocycles. The molecule has 5 nitrogen and oxygen atoms in total. The Labute approximate surface area is 81.6 Å². The summed E-state index contributed by atoms with van der Waals surface area (Å²) in [5, 5.41) is 0. The van der Waals surface area contributed by atoms with E-state index in [1.165, 1.54) is 0 Å². The number of nitrogens with zero attached hydrogens (tertiary/aromatic N) is 4. The first-order chi connectivity index (χ1) is 6.68. The predicted molar refractivity (Wildman–Crippen MR) is 53.4 cm³/mol. The number of imidazole rings is 1. The van der Waals surface area contributed by atoms with Crippen molar-refractivity contribution in [3.05, 3.63) is 24.2 Å². The molecule has 2 N–H and O–H groups in total. The molecule has 0 unspecified atom stereocenters. The van der Waals surface area contributed by atoms with E-state index >= 15 is 0 Å². The number of nitrogens with two attached hydrogens (primary N) is 1. The summed E-state index contributed by atoms with van der Waals surface area (Å²) in [4.78, 5) is 12.3. The Balaban J connectivity index is 2.62. The smallest absolute Gasteiger partial charge is 0.220 e. The van der Waals surface area contributed by atoms with E-state index in [1.807, 2.05) is 24.7 Å². The highest BCUT2D eigenvalue weighted by Gasteiger charge is 2.08. The zero-order valence-electron chi connectivity index (χ0n) is 8.10. The van der Waals surface area contributed by atoms with Gasteiger partial charge in [0.1, 0.15) is 5.69 Å². The van der Waals surface area contributed by atoms with Gasteiger partial charge in [0.25, 0.3) is 0 Å². The van der Waals surface area contributed by atoms with Gasteiger partial charge in [-0.3, -0.25) is 0 Å². The maximum atomic E-state index is 5.52. The Morgan fingerprint density at radius 1 is 1.36 bits per heavy atom. The van der Waals surface area contributed by atoms with Crippen LogP contribution in [0.1, 0.15) is 5.56 Å². The number of hydrogen-bond acceptors (Lipinski definition) is 4. The third-order valence-corrected chi connectivity index (χ3v) is 2.02. The Morgan fingerprint density at radius 3 is 2.79 bits per heavy atom. The van der Waals surface area contributed by atoms with Gasteiger partial charge in [0.15, 0.2) is 5.82 Å². The van der Waals surface area contributed by atoms with E-state index in [9.17, 15) is 0 Å². The van der Waals surface area contributed by atoms with E-state index < -0.39 is 0 Å². The minimum atomic E-state index is 0.272. The molecule has 0 spiro atoms. The van der Waals surface area contributed by atoms with E-state index in [0.717, 1.165) is 17.1 Å². The van der Waals surface area contributed by atoms with Crippen molar-refractivity contribution >= 4 is 5.95 Å². The molecule has 2 heterocycles. The predicted octanol–water partition coefficient (Wildman–Crippen LogP) is 0.768. The minimum Gasteiger partial charge on any atom is -0.368 e. The van der Waals surface area contributed by atoms with Gasteiger partial charge < -0.3 is 10.3 Å². The summed E-state index contributed by atoms with van der Waals surface area (Å²) in [6.07, 6.45) is 5.30. The molecule has 0 saturated carbocycles. The lowest BCUT2D eigenvalue weighted by Crippen LogP contribution is -2.01. The van der Waals surface area contributed by atoms with Crippen molar-refractivity contribution in [3.8, 4) is 11.5 Å². The fraction of sp³-hybridized carbons (Fsp3) is 0.222. The summed E-state index contributed by atoms with van der Waals surface area (Å²) in [6, 6.07) is 0. The summed E-state index contributed by atoms with van der Waals surface area (Å²) in [7, 11) is 1.92. The van der Waals surface area contributed by atoms with Crippen LogP contribution in [0.3, 0.4) is 0 Å². The summed E-state index contributed by atoms with van der Waals surface area (Å²) in [6.45, 7) is 1.93. The van der Waals surface area contributed by atoms with Gasteiger partial charge in [-0.25, -0.2) is 15.0 Å². The second-order valence-electron chi connectivity index (χ2n) is 3.12. The lowest BCUT2D eigenvalue weighted by Gasteiger charge is -2.04. The van der Waals surface area contributed by atoms with Gasteiger partial charge in [-0.15, -0.1) is 0 Å². The van der Waals surface area contributed by atoms with Crippen LogP contribution in [0, 0.1) is 6.92 Å². The zero-order valence-corrected chi connectivity index (χ0v) is 8.10. The molecular formula is C9H11N5. The molecule has 5 heteroatoms. The highest BCUT2D eigenvalue weighted by Crippen LogP contribution is 2.18. The third kappa shape index (κ3) is 1.32. The Bertz CT molecular complexity index is 460. The van der Waals surface area contributed by atoms with Crippen LogP contribution in [0.25, 0.3) is 11.5 Å². The second kappa shape index (κ2) is 3.10. The quantitative estimate of drug-likeness (QED) is 0.719. The third-order valence-electron chi connectivity index (χ3n) is 2.02. The fourth-order valence-corrected chi connectivity index (χ4v) is 1.28. The number of anilines is 1. The average molecular weight is 189 g/mol. The topological polar surface area (TPSA) is 69.6 Å². The second-order valence-corrected chi connectivity index (χ2v) is 3.12. The van der Waals surface area contributed by atoms with E-state index in [2.05, 4.69) is 15.0 Å². The van der Waals surface area contributed by atoms with E-state index in [0.29, 0.717) is 0 Å². The van der Waals surface area contributed by atoms with E-state index in [4.69, 9.17) is 5.73 Å². The molecule has 14 heavy (non-hydrogen) atoms. The summed E-state index contributed by atoms with van der Waals surface area (Å²) in [5.74, 6) is 1.07. The molecule has 0 saturated heterocycles. The standard InChI is InChI=1S/C9H11N5/c1-6-5-12-9(10)13-7(6)8-11-3-4-14(8)2/h3-5H,1-2H3,(H2,10,12,13). The first-order valence-electron chi connectivity index (χ1n) is 4.25. The monoisotopic (exact) mass is 189 g/mol. The molecule has 2 rings (SSSR count). The molecule has 0 aromatic carbocycles. The maximum absolute atomic E-state index is 5.52. The van der Waals surface area contributed by atoms with Crippen molar-refractivity contribution in [1.29, 1.82) is 0 Å². The van der Waals surface area contributed by atoms with Crippen LogP contribution in [0.2, 0.25) is 0 Å². The molecule has 2 aromatic heterocycles. The van der Waals surface area contributed by atoms with Gasteiger partial charge >= 0.3 is 0 Å². The molecule has 2 aromatic rings. The van der Waals surface area contributed by atoms with Crippen LogP contribution in [0.4, 0.5) is 5.95 Å².